The first kappa shape index (κ1) is 11.8. The zero-order valence-electron chi connectivity index (χ0n) is 9.95. The Kier molecular flexibility index (Phi) is 2.70. The van der Waals surface area contributed by atoms with Gasteiger partial charge in [0.05, 0.1) is 5.56 Å². The number of carboxylic acids is 1. The number of pyridine rings is 1. The number of rotatable bonds is 5. The number of nitrogens with one attached hydrogen (secondary N) is 1. The molecule has 1 aromatic heterocycles. The maximum atomic E-state index is 10.9. The maximum Gasteiger partial charge on any atom is 0.335 e. The summed E-state index contributed by atoms with van der Waals surface area (Å²) in [6, 6.07) is 2.90. The smallest absolute Gasteiger partial charge is 0.335 e. The topological polar surface area (TPSA) is 62.2 Å². The molecular weight excluding hydrogens is 252 g/mol. The molecule has 18 heavy (non-hydrogen) atoms. The van der Waals surface area contributed by atoms with E-state index >= 15 is 0 Å². The van der Waals surface area contributed by atoms with Crippen LogP contribution in [0, 0.1) is 11.3 Å². The van der Waals surface area contributed by atoms with Gasteiger partial charge in [0, 0.05) is 6.54 Å². The first-order valence-corrected chi connectivity index (χ1v) is 6.62. The summed E-state index contributed by atoms with van der Waals surface area (Å²) in [5.41, 5.74) is 0.627. The lowest BCUT2D eigenvalue weighted by molar-refractivity contribution is 0.0697. The Morgan fingerprint density at radius 3 is 2.78 bits per heavy atom. The normalized spacial score (nSPS) is 20.5. The van der Waals surface area contributed by atoms with Crippen LogP contribution in [0.3, 0.4) is 0 Å². The van der Waals surface area contributed by atoms with Gasteiger partial charge in [0.2, 0.25) is 0 Å². The molecule has 4 nitrogen and oxygen atoms in total. The summed E-state index contributed by atoms with van der Waals surface area (Å²) in [4.78, 5) is 15.0. The van der Waals surface area contributed by atoms with Gasteiger partial charge in [0.25, 0.3) is 0 Å². The summed E-state index contributed by atoms with van der Waals surface area (Å²) in [5.74, 6) is 0.445. The summed E-state index contributed by atoms with van der Waals surface area (Å²) < 4.78 is 0. The van der Waals surface area contributed by atoms with E-state index in [1.54, 1.807) is 0 Å². The van der Waals surface area contributed by atoms with Crippen LogP contribution in [0.4, 0.5) is 5.82 Å². The molecule has 0 unspecified atom stereocenters. The summed E-state index contributed by atoms with van der Waals surface area (Å²) in [6.07, 6.45) is 5.23. The summed E-state index contributed by atoms with van der Waals surface area (Å²) >= 11 is 5.82. The standard InChI is InChI=1S/C13H15ClN2O2/c14-10-5-8(12(17)18)6-11(16-10)15-7-13(3-4-13)9-1-2-9/h5-6,9H,1-4,7H2,(H,15,16)(H,17,18). The summed E-state index contributed by atoms with van der Waals surface area (Å²) in [7, 11) is 0. The first-order valence-electron chi connectivity index (χ1n) is 6.24. The third-order valence-electron chi connectivity index (χ3n) is 4.00. The minimum Gasteiger partial charge on any atom is -0.478 e. The molecule has 0 spiro atoms. The maximum absolute atomic E-state index is 10.9. The highest BCUT2D eigenvalue weighted by Crippen LogP contribution is 2.61. The van der Waals surface area contributed by atoms with Crippen molar-refractivity contribution < 1.29 is 9.90 Å². The highest BCUT2D eigenvalue weighted by Gasteiger charge is 2.53. The number of aromatic nitrogens is 1. The largest absolute Gasteiger partial charge is 0.478 e. The van der Waals surface area contributed by atoms with E-state index in [1.165, 1.54) is 37.8 Å². The van der Waals surface area contributed by atoms with Crippen LogP contribution in [0.25, 0.3) is 0 Å². The van der Waals surface area contributed by atoms with E-state index in [0.717, 1.165) is 12.5 Å². The highest BCUT2D eigenvalue weighted by atomic mass is 35.5. The van der Waals surface area contributed by atoms with E-state index in [9.17, 15) is 4.79 Å². The van der Waals surface area contributed by atoms with Crippen molar-refractivity contribution in [3.8, 4) is 0 Å². The Morgan fingerprint density at radius 2 is 2.22 bits per heavy atom. The first-order chi connectivity index (χ1) is 8.59. The fourth-order valence-electron chi connectivity index (χ4n) is 2.56. The molecule has 96 valence electrons. The van der Waals surface area contributed by atoms with Crippen molar-refractivity contribution in [1.82, 2.24) is 4.98 Å². The second kappa shape index (κ2) is 4.12. The molecule has 2 saturated carbocycles. The Morgan fingerprint density at radius 1 is 1.50 bits per heavy atom. The van der Waals surface area contributed by atoms with Crippen molar-refractivity contribution in [2.75, 3.05) is 11.9 Å². The average Bonchev–Trinajstić information content (AvgIpc) is 3.17. The van der Waals surface area contributed by atoms with Crippen LogP contribution in [-0.2, 0) is 0 Å². The van der Waals surface area contributed by atoms with Crippen LogP contribution in [-0.4, -0.2) is 22.6 Å². The lowest BCUT2D eigenvalue weighted by Crippen LogP contribution is -2.18. The molecule has 0 radical (unpaired) electrons. The van der Waals surface area contributed by atoms with E-state index in [4.69, 9.17) is 16.7 Å². The van der Waals surface area contributed by atoms with Crippen molar-refractivity contribution in [2.24, 2.45) is 11.3 Å². The minimum atomic E-state index is -0.981. The Labute approximate surface area is 110 Å². The van der Waals surface area contributed by atoms with Crippen molar-refractivity contribution >= 4 is 23.4 Å². The summed E-state index contributed by atoms with van der Waals surface area (Å²) in [5, 5.41) is 12.4. The molecule has 2 fully saturated rings. The number of aromatic carboxylic acids is 1. The lowest BCUT2D eigenvalue weighted by Gasteiger charge is -2.15. The van der Waals surface area contributed by atoms with Gasteiger partial charge in [-0.25, -0.2) is 9.78 Å². The molecule has 1 heterocycles. The zero-order valence-corrected chi connectivity index (χ0v) is 10.7. The molecule has 0 atom stereocenters. The SMILES string of the molecule is O=C(O)c1cc(Cl)nc(NCC2(C3CC3)CC2)c1. The second-order valence-corrected chi connectivity index (χ2v) is 5.75. The predicted molar refractivity (Wildman–Crippen MR) is 69.1 cm³/mol. The van der Waals surface area contributed by atoms with Crippen LogP contribution in [0.1, 0.15) is 36.0 Å². The quantitative estimate of drug-likeness (QED) is 0.804. The highest BCUT2D eigenvalue weighted by molar-refractivity contribution is 6.29. The number of anilines is 1. The molecule has 3 rings (SSSR count). The zero-order chi connectivity index (χ0) is 12.8. The molecule has 0 bridgehead atoms. The monoisotopic (exact) mass is 266 g/mol. The van der Waals surface area contributed by atoms with Crippen LogP contribution in [0.15, 0.2) is 12.1 Å². The van der Waals surface area contributed by atoms with Crippen LogP contribution in [0.2, 0.25) is 5.15 Å². The third-order valence-corrected chi connectivity index (χ3v) is 4.19. The molecule has 5 heteroatoms. The van der Waals surface area contributed by atoms with Crippen LogP contribution >= 0.6 is 11.6 Å². The van der Waals surface area contributed by atoms with Crippen LogP contribution < -0.4 is 5.32 Å². The van der Waals surface area contributed by atoms with E-state index in [-0.39, 0.29) is 10.7 Å². The van der Waals surface area contributed by atoms with E-state index in [0.29, 0.717) is 11.2 Å². The van der Waals surface area contributed by atoms with Gasteiger partial charge in [-0.15, -0.1) is 0 Å². The Bertz CT molecular complexity index is 496. The van der Waals surface area contributed by atoms with Gasteiger partial charge < -0.3 is 10.4 Å². The molecule has 2 aliphatic rings. The van der Waals surface area contributed by atoms with Crippen molar-refractivity contribution in [1.29, 1.82) is 0 Å². The lowest BCUT2D eigenvalue weighted by atomic mass is 10.0. The van der Waals surface area contributed by atoms with Gasteiger partial charge in [-0.1, -0.05) is 11.6 Å². The van der Waals surface area contributed by atoms with Gasteiger partial charge >= 0.3 is 5.97 Å². The van der Waals surface area contributed by atoms with Gasteiger partial charge in [0.1, 0.15) is 11.0 Å². The molecule has 0 aromatic carbocycles. The number of hydrogen-bond donors (Lipinski definition) is 2. The predicted octanol–water partition coefficient (Wildman–Crippen LogP) is 3.04. The van der Waals surface area contributed by atoms with Crippen molar-refractivity contribution in [2.45, 2.75) is 25.7 Å². The van der Waals surface area contributed by atoms with Crippen molar-refractivity contribution in [3.63, 3.8) is 0 Å². The number of hydrogen-bond acceptors (Lipinski definition) is 3. The number of nitrogens with zero attached hydrogens (tertiary/aromatic N) is 1. The van der Waals surface area contributed by atoms with E-state index in [1.807, 2.05) is 0 Å². The van der Waals surface area contributed by atoms with Gasteiger partial charge in [-0.05, 0) is 49.1 Å². The van der Waals surface area contributed by atoms with Crippen LogP contribution in [0.5, 0.6) is 0 Å². The van der Waals surface area contributed by atoms with Gasteiger partial charge in [-0.3, -0.25) is 0 Å². The molecule has 0 saturated heterocycles. The number of carbonyl (C=O) groups is 1. The molecule has 2 aliphatic carbocycles. The van der Waals surface area contributed by atoms with E-state index in [2.05, 4.69) is 10.3 Å². The second-order valence-electron chi connectivity index (χ2n) is 5.36. The fourth-order valence-corrected chi connectivity index (χ4v) is 2.77. The Hall–Kier alpha value is -1.29. The number of halogens is 1. The van der Waals surface area contributed by atoms with E-state index < -0.39 is 5.97 Å². The molecule has 0 aliphatic heterocycles. The number of carboxylic acid groups (broad SMARTS) is 1. The fraction of sp³-hybridized carbons (Fsp3) is 0.538. The molecular formula is C13H15ClN2O2. The summed E-state index contributed by atoms with van der Waals surface area (Å²) in [6.45, 7) is 0.879. The molecule has 0 amide bonds. The average molecular weight is 267 g/mol. The minimum absolute atomic E-state index is 0.175. The molecule has 1 aromatic rings. The van der Waals surface area contributed by atoms with Gasteiger partial charge in [0.15, 0.2) is 0 Å². The molecule has 2 N–H and O–H groups in total. The third kappa shape index (κ3) is 2.29. The van der Waals surface area contributed by atoms with Gasteiger partial charge in [-0.2, -0.15) is 0 Å². The Balaban J connectivity index is 1.70. The van der Waals surface area contributed by atoms with Crippen molar-refractivity contribution in [3.05, 3.63) is 22.8 Å².